The molecule has 1 saturated heterocycles. The third-order valence-corrected chi connectivity index (χ3v) is 3.77. The molecule has 0 atom stereocenters. The van der Waals surface area contributed by atoms with E-state index in [1.165, 1.54) is 25.9 Å². The zero-order valence-electron chi connectivity index (χ0n) is 9.07. The molecule has 0 aliphatic carbocycles. The van der Waals surface area contributed by atoms with Crippen LogP contribution in [0.15, 0.2) is 17.6 Å². The Hall–Kier alpha value is -0.610. The van der Waals surface area contributed by atoms with Crippen molar-refractivity contribution in [2.45, 2.75) is 24.9 Å². The van der Waals surface area contributed by atoms with Gasteiger partial charge >= 0.3 is 0 Å². The summed E-state index contributed by atoms with van der Waals surface area (Å²) in [6.07, 6.45) is 6.35. The molecular weight excluding hydrogens is 206 g/mol. The van der Waals surface area contributed by atoms with E-state index >= 15 is 0 Å². The fourth-order valence-electron chi connectivity index (χ4n) is 1.70. The van der Waals surface area contributed by atoms with Crippen molar-refractivity contribution >= 4 is 11.8 Å². The number of thioether (sulfide) groups is 1. The highest BCUT2D eigenvalue weighted by Crippen LogP contribution is 2.21. The van der Waals surface area contributed by atoms with Gasteiger partial charge < -0.3 is 5.32 Å². The number of rotatable bonds is 3. The van der Waals surface area contributed by atoms with Crippen LogP contribution in [0, 0.1) is 12.8 Å². The summed E-state index contributed by atoms with van der Waals surface area (Å²) in [5.74, 6) is 1.99. The summed E-state index contributed by atoms with van der Waals surface area (Å²) in [6.45, 7) is 4.35. The monoisotopic (exact) mass is 223 g/mol. The molecule has 1 aliphatic heterocycles. The Morgan fingerprint density at radius 2 is 2.00 bits per heavy atom. The smallest absolute Gasteiger partial charge is 0.187 e. The maximum Gasteiger partial charge on any atom is 0.187 e. The molecule has 15 heavy (non-hydrogen) atoms. The van der Waals surface area contributed by atoms with Gasteiger partial charge in [0.2, 0.25) is 0 Å². The second-order valence-electron chi connectivity index (χ2n) is 4.05. The van der Waals surface area contributed by atoms with Crippen LogP contribution in [0.5, 0.6) is 0 Å². The lowest BCUT2D eigenvalue weighted by Crippen LogP contribution is -2.28. The first-order valence-corrected chi connectivity index (χ1v) is 6.45. The summed E-state index contributed by atoms with van der Waals surface area (Å²) in [6, 6.07) is 0. The molecule has 1 fully saturated rings. The Morgan fingerprint density at radius 1 is 1.33 bits per heavy atom. The largest absolute Gasteiger partial charge is 0.317 e. The molecule has 3 nitrogen and oxygen atoms in total. The molecule has 1 aliphatic rings. The summed E-state index contributed by atoms with van der Waals surface area (Å²) in [7, 11) is 0. The Bertz CT molecular complexity index is 293. The van der Waals surface area contributed by atoms with Crippen LogP contribution < -0.4 is 5.32 Å². The van der Waals surface area contributed by atoms with E-state index in [1.54, 1.807) is 11.8 Å². The number of piperidine rings is 1. The topological polar surface area (TPSA) is 37.8 Å². The van der Waals surface area contributed by atoms with Crippen LogP contribution in [0.3, 0.4) is 0 Å². The highest BCUT2D eigenvalue weighted by atomic mass is 32.2. The number of hydrogen-bond donors (Lipinski definition) is 1. The van der Waals surface area contributed by atoms with Crippen LogP contribution in [0.2, 0.25) is 0 Å². The molecule has 0 spiro atoms. The molecule has 0 unspecified atom stereocenters. The first kappa shape index (κ1) is 10.9. The van der Waals surface area contributed by atoms with Gasteiger partial charge in [-0.15, -0.1) is 0 Å². The molecule has 0 amide bonds. The molecule has 1 N–H and O–H groups in total. The van der Waals surface area contributed by atoms with Gasteiger partial charge in [0, 0.05) is 18.1 Å². The second-order valence-corrected chi connectivity index (χ2v) is 5.03. The number of aromatic nitrogens is 2. The van der Waals surface area contributed by atoms with Crippen LogP contribution in [-0.4, -0.2) is 28.8 Å². The third kappa shape index (κ3) is 3.47. The van der Waals surface area contributed by atoms with Crippen molar-refractivity contribution < 1.29 is 0 Å². The summed E-state index contributed by atoms with van der Waals surface area (Å²) < 4.78 is 0. The van der Waals surface area contributed by atoms with E-state index in [4.69, 9.17) is 0 Å². The Balaban J connectivity index is 1.79. The van der Waals surface area contributed by atoms with E-state index in [9.17, 15) is 0 Å². The van der Waals surface area contributed by atoms with Gasteiger partial charge in [-0.1, -0.05) is 11.8 Å². The van der Waals surface area contributed by atoms with Crippen molar-refractivity contribution in [3.63, 3.8) is 0 Å². The van der Waals surface area contributed by atoms with Gasteiger partial charge in [0.15, 0.2) is 5.16 Å². The Morgan fingerprint density at radius 3 is 2.67 bits per heavy atom. The fourth-order valence-corrected chi connectivity index (χ4v) is 2.67. The third-order valence-electron chi connectivity index (χ3n) is 2.66. The molecular formula is C11H17N3S. The van der Waals surface area contributed by atoms with Crippen LogP contribution in [0.25, 0.3) is 0 Å². The van der Waals surface area contributed by atoms with E-state index < -0.39 is 0 Å². The van der Waals surface area contributed by atoms with E-state index in [0.29, 0.717) is 0 Å². The number of hydrogen-bond acceptors (Lipinski definition) is 4. The van der Waals surface area contributed by atoms with Crippen LogP contribution in [-0.2, 0) is 0 Å². The number of nitrogens with zero attached hydrogens (tertiary/aromatic N) is 2. The quantitative estimate of drug-likeness (QED) is 0.627. The molecule has 4 heteroatoms. The van der Waals surface area contributed by atoms with Crippen LogP contribution >= 0.6 is 11.8 Å². The molecule has 1 aromatic heterocycles. The lowest BCUT2D eigenvalue weighted by molar-refractivity contribution is 0.407. The zero-order valence-corrected chi connectivity index (χ0v) is 9.89. The van der Waals surface area contributed by atoms with Crippen LogP contribution in [0.1, 0.15) is 18.4 Å². The van der Waals surface area contributed by atoms with Crippen molar-refractivity contribution in [3.8, 4) is 0 Å². The molecule has 1 aromatic rings. The van der Waals surface area contributed by atoms with Crippen LogP contribution in [0.4, 0.5) is 0 Å². The summed E-state index contributed by atoms with van der Waals surface area (Å²) >= 11 is 1.79. The lowest BCUT2D eigenvalue weighted by atomic mass is 10.0. The van der Waals surface area contributed by atoms with Gasteiger partial charge in [-0.05, 0) is 44.3 Å². The molecule has 82 valence electrons. The minimum Gasteiger partial charge on any atom is -0.317 e. The SMILES string of the molecule is Cc1cnc(SCC2CCNCC2)nc1. The normalized spacial score (nSPS) is 17.9. The van der Waals surface area contributed by atoms with E-state index in [2.05, 4.69) is 15.3 Å². The summed E-state index contributed by atoms with van der Waals surface area (Å²) in [4.78, 5) is 8.60. The maximum absolute atomic E-state index is 4.30. The van der Waals surface area contributed by atoms with Gasteiger partial charge in [-0.25, -0.2) is 9.97 Å². The molecule has 0 saturated carbocycles. The Kier molecular flexibility index (Phi) is 3.97. The van der Waals surface area contributed by atoms with Gasteiger partial charge in [0.25, 0.3) is 0 Å². The van der Waals surface area contributed by atoms with E-state index in [0.717, 1.165) is 22.4 Å². The van der Waals surface area contributed by atoms with Crippen molar-refractivity contribution in [3.05, 3.63) is 18.0 Å². The molecule has 0 radical (unpaired) electrons. The highest BCUT2D eigenvalue weighted by molar-refractivity contribution is 7.99. The van der Waals surface area contributed by atoms with E-state index in [1.807, 2.05) is 19.3 Å². The van der Waals surface area contributed by atoms with Crippen molar-refractivity contribution in [1.29, 1.82) is 0 Å². The molecule has 2 heterocycles. The number of nitrogens with one attached hydrogen (secondary N) is 1. The Labute approximate surface area is 95.1 Å². The number of aryl methyl sites for hydroxylation is 1. The minimum absolute atomic E-state index is 0.834. The lowest BCUT2D eigenvalue weighted by Gasteiger charge is -2.21. The predicted octanol–water partition coefficient (Wildman–Crippen LogP) is 1.88. The first-order valence-electron chi connectivity index (χ1n) is 5.47. The van der Waals surface area contributed by atoms with E-state index in [-0.39, 0.29) is 0 Å². The minimum atomic E-state index is 0.834. The van der Waals surface area contributed by atoms with Crippen molar-refractivity contribution in [1.82, 2.24) is 15.3 Å². The zero-order chi connectivity index (χ0) is 10.5. The van der Waals surface area contributed by atoms with Crippen molar-refractivity contribution in [2.75, 3.05) is 18.8 Å². The molecule has 2 rings (SSSR count). The van der Waals surface area contributed by atoms with Gasteiger partial charge in [-0.3, -0.25) is 0 Å². The fraction of sp³-hybridized carbons (Fsp3) is 0.636. The first-order chi connectivity index (χ1) is 7.34. The average molecular weight is 223 g/mol. The van der Waals surface area contributed by atoms with Gasteiger partial charge in [-0.2, -0.15) is 0 Å². The van der Waals surface area contributed by atoms with Gasteiger partial charge in [0.05, 0.1) is 0 Å². The summed E-state index contributed by atoms with van der Waals surface area (Å²) in [5.41, 5.74) is 1.13. The maximum atomic E-state index is 4.30. The summed E-state index contributed by atoms with van der Waals surface area (Å²) in [5, 5.41) is 4.30. The second kappa shape index (κ2) is 5.47. The standard InChI is InChI=1S/C11H17N3S/c1-9-6-13-11(14-7-9)15-8-10-2-4-12-5-3-10/h6-7,10,12H,2-5,8H2,1H3. The average Bonchev–Trinajstić information content (AvgIpc) is 2.30. The predicted molar refractivity (Wildman–Crippen MR) is 63.1 cm³/mol. The molecule has 0 aromatic carbocycles. The van der Waals surface area contributed by atoms with Crippen molar-refractivity contribution in [2.24, 2.45) is 5.92 Å². The molecule has 0 bridgehead atoms. The van der Waals surface area contributed by atoms with Gasteiger partial charge in [0.1, 0.15) is 0 Å². The highest BCUT2D eigenvalue weighted by Gasteiger charge is 2.13.